The highest BCUT2D eigenvalue weighted by molar-refractivity contribution is 6.26. The Hall–Kier alpha value is -4.42. The number of benzene rings is 7. The highest BCUT2D eigenvalue weighted by Crippen LogP contribution is 2.49. The molecule has 0 aliphatic carbocycles. The molecule has 0 amide bonds. The Morgan fingerprint density at radius 3 is 1.37 bits per heavy atom. The molecule has 0 heterocycles. The zero-order valence-electron chi connectivity index (χ0n) is 22.1. The van der Waals surface area contributed by atoms with E-state index in [2.05, 4.69) is 148 Å². The van der Waals surface area contributed by atoms with Crippen molar-refractivity contribution >= 4 is 43.1 Å². The van der Waals surface area contributed by atoms with Crippen LogP contribution in [0.4, 0.5) is 0 Å². The average molecular weight is 487 g/mol. The van der Waals surface area contributed by atoms with Crippen LogP contribution in [0.25, 0.3) is 65.3 Å². The minimum atomic E-state index is -0.0165. The van der Waals surface area contributed by atoms with Gasteiger partial charge in [0, 0.05) is 0 Å². The molecule has 182 valence electrons. The third kappa shape index (κ3) is 3.45. The van der Waals surface area contributed by atoms with E-state index in [1.807, 2.05) is 0 Å². The molecule has 0 radical (unpaired) electrons. The first kappa shape index (κ1) is 22.8. The van der Waals surface area contributed by atoms with Crippen LogP contribution in [0.5, 0.6) is 0 Å². The van der Waals surface area contributed by atoms with Gasteiger partial charge in [-0.1, -0.05) is 148 Å². The molecule has 0 nitrogen and oxygen atoms in total. The summed E-state index contributed by atoms with van der Waals surface area (Å²) >= 11 is 0. The minimum Gasteiger partial charge on any atom is -0.0616 e. The van der Waals surface area contributed by atoms with Crippen LogP contribution in [-0.4, -0.2) is 0 Å². The summed E-state index contributed by atoms with van der Waals surface area (Å²) in [5, 5.41) is 10.4. The number of hydrogen-bond donors (Lipinski definition) is 0. The highest BCUT2D eigenvalue weighted by atomic mass is 14.3. The van der Waals surface area contributed by atoms with Crippen molar-refractivity contribution in [3.8, 4) is 22.3 Å². The van der Waals surface area contributed by atoms with Crippen molar-refractivity contribution in [3.63, 3.8) is 0 Å². The number of hydrogen-bond acceptors (Lipinski definition) is 0. The van der Waals surface area contributed by atoms with E-state index in [-0.39, 0.29) is 5.41 Å². The predicted octanol–water partition coefficient (Wildman–Crippen LogP) is 10.9. The second-order valence-electron chi connectivity index (χ2n) is 11.3. The molecule has 0 aliphatic rings. The summed E-state index contributed by atoms with van der Waals surface area (Å²) in [5.41, 5.74) is 6.61. The molecule has 0 bridgehead atoms. The maximum absolute atomic E-state index is 2.34. The summed E-state index contributed by atoms with van der Waals surface area (Å²) < 4.78 is 0. The zero-order valence-corrected chi connectivity index (χ0v) is 22.1. The van der Waals surface area contributed by atoms with Gasteiger partial charge in [-0.2, -0.15) is 0 Å². The Kier molecular flexibility index (Phi) is 5.13. The maximum atomic E-state index is 2.34. The van der Waals surface area contributed by atoms with Crippen LogP contribution in [0.15, 0.2) is 127 Å². The van der Waals surface area contributed by atoms with Crippen LogP contribution >= 0.6 is 0 Å². The van der Waals surface area contributed by atoms with Crippen LogP contribution in [-0.2, 0) is 5.41 Å². The van der Waals surface area contributed by atoms with Gasteiger partial charge in [0.25, 0.3) is 0 Å². The van der Waals surface area contributed by atoms with E-state index in [9.17, 15) is 0 Å². The van der Waals surface area contributed by atoms with Gasteiger partial charge in [0.1, 0.15) is 0 Å². The first-order valence-corrected chi connectivity index (χ1v) is 13.5. The first-order valence-electron chi connectivity index (χ1n) is 13.5. The summed E-state index contributed by atoms with van der Waals surface area (Å²) in [6, 6.07) is 46.9. The third-order valence-corrected chi connectivity index (χ3v) is 7.98. The van der Waals surface area contributed by atoms with E-state index >= 15 is 0 Å². The van der Waals surface area contributed by atoms with Gasteiger partial charge >= 0.3 is 0 Å². The van der Waals surface area contributed by atoms with Crippen LogP contribution in [0, 0.1) is 0 Å². The van der Waals surface area contributed by atoms with Crippen molar-refractivity contribution in [2.45, 2.75) is 26.2 Å². The molecule has 0 aliphatic heterocycles. The van der Waals surface area contributed by atoms with Crippen molar-refractivity contribution in [1.29, 1.82) is 0 Å². The van der Waals surface area contributed by atoms with Gasteiger partial charge in [-0.15, -0.1) is 0 Å². The Bertz CT molecular complexity index is 1990. The Morgan fingerprint density at radius 1 is 0.368 bits per heavy atom. The fourth-order valence-corrected chi connectivity index (χ4v) is 6.31. The van der Waals surface area contributed by atoms with Crippen molar-refractivity contribution in [1.82, 2.24) is 0 Å². The lowest BCUT2D eigenvalue weighted by atomic mass is 9.77. The second kappa shape index (κ2) is 8.57. The Morgan fingerprint density at radius 2 is 0.789 bits per heavy atom. The molecule has 0 atom stereocenters. The molecule has 0 heteroatoms. The minimum absolute atomic E-state index is 0.0165. The van der Waals surface area contributed by atoms with E-state index in [1.54, 1.807) is 0 Å². The van der Waals surface area contributed by atoms with E-state index in [0.29, 0.717) is 0 Å². The fourth-order valence-electron chi connectivity index (χ4n) is 6.31. The van der Waals surface area contributed by atoms with Gasteiger partial charge in [-0.05, 0) is 76.3 Å². The largest absolute Gasteiger partial charge is 0.0616 e. The predicted molar refractivity (Wildman–Crippen MR) is 166 cm³/mol. The molecular weight excluding hydrogens is 456 g/mol. The third-order valence-electron chi connectivity index (χ3n) is 7.98. The van der Waals surface area contributed by atoms with E-state index in [4.69, 9.17) is 0 Å². The van der Waals surface area contributed by atoms with E-state index < -0.39 is 0 Å². The molecule has 0 N–H and O–H groups in total. The van der Waals surface area contributed by atoms with Crippen molar-refractivity contribution in [2.75, 3.05) is 0 Å². The van der Waals surface area contributed by atoms with E-state index in [0.717, 1.165) is 0 Å². The summed E-state index contributed by atoms with van der Waals surface area (Å²) in [4.78, 5) is 0. The smallest absolute Gasteiger partial charge is 0.00172 e. The molecule has 7 aromatic carbocycles. The molecule has 0 saturated carbocycles. The molecule has 0 spiro atoms. The lowest BCUT2D eigenvalue weighted by molar-refractivity contribution is 0.596. The zero-order chi connectivity index (χ0) is 25.9. The lowest BCUT2D eigenvalue weighted by Gasteiger charge is -2.26. The molecule has 38 heavy (non-hydrogen) atoms. The Labute approximate surface area is 224 Å². The lowest BCUT2D eigenvalue weighted by Crippen LogP contribution is -2.12. The standard InChI is InChI=1S/C38H30/c1-38(2,3)34-24-12-23-33-35(29-21-10-15-25-13-4-6-17-27(25)29)31-19-8-9-20-32(31)36(37(33)34)30-22-11-16-26-14-5-7-18-28(26)30/h4-24H,1-3H3. The topological polar surface area (TPSA) is 0 Å². The molecule has 0 saturated heterocycles. The number of rotatable bonds is 2. The SMILES string of the molecule is CC(C)(C)c1cccc2c(-c3cccc4ccccc34)c3ccccc3c(-c3cccc4ccccc34)c12. The fraction of sp³-hybridized carbons (Fsp3) is 0.105. The molecule has 7 rings (SSSR count). The first-order chi connectivity index (χ1) is 18.5. The molecule has 7 aromatic rings. The van der Waals surface area contributed by atoms with Crippen molar-refractivity contribution in [2.24, 2.45) is 0 Å². The van der Waals surface area contributed by atoms with Gasteiger partial charge in [0.2, 0.25) is 0 Å². The normalized spacial score (nSPS) is 12.1. The highest BCUT2D eigenvalue weighted by Gasteiger charge is 2.24. The quantitative estimate of drug-likeness (QED) is 0.213. The second-order valence-corrected chi connectivity index (χ2v) is 11.3. The molecule has 0 aromatic heterocycles. The summed E-state index contributed by atoms with van der Waals surface area (Å²) in [6.07, 6.45) is 0. The number of fused-ring (bicyclic) bond motifs is 4. The van der Waals surface area contributed by atoms with Gasteiger partial charge in [0.05, 0.1) is 0 Å². The van der Waals surface area contributed by atoms with E-state index in [1.165, 1.54) is 70.9 Å². The molecule has 0 unspecified atom stereocenters. The maximum Gasteiger partial charge on any atom is -0.00172 e. The van der Waals surface area contributed by atoms with Gasteiger partial charge < -0.3 is 0 Å². The van der Waals surface area contributed by atoms with Crippen molar-refractivity contribution < 1.29 is 0 Å². The summed E-state index contributed by atoms with van der Waals surface area (Å²) in [7, 11) is 0. The van der Waals surface area contributed by atoms with Gasteiger partial charge in [-0.3, -0.25) is 0 Å². The Balaban J connectivity index is 1.77. The molecule has 0 fully saturated rings. The van der Waals surface area contributed by atoms with Crippen LogP contribution in [0.3, 0.4) is 0 Å². The average Bonchev–Trinajstić information content (AvgIpc) is 2.94. The summed E-state index contributed by atoms with van der Waals surface area (Å²) in [6.45, 7) is 7.00. The molecular formula is C38H30. The van der Waals surface area contributed by atoms with Gasteiger partial charge in [0.15, 0.2) is 0 Å². The van der Waals surface area contributed by atoms with Gasteiger partial charge in [-0.25, -0.2) is 0 Å². The van der Waals surface area contributed by atoms with Crippen LogP contribution < -0.4 is 0 Å². The van der Waals surface area contributed by atoms with Crippen LogP contribution in [0.1, 0.15) is 26.3 Å². The monoisotopic (exact) mass is 486 g/mol. The van der Waals surface area contributed by atoms with Crippen molar-refractivity contribution in [3.05, 3.63) is 133 Å². The van der Waals surface area contributed by atoms with Crippen LogP contribution in [0.2, 0.25) is 0 Å². The summed E-state index contributed by atoms with van der Waals surface area (Å²) in [5.74, 6) is 0.